The third-order valence-electron chi connectivity index (χ3n) is 7.70. The number of nitrogens with one attached hydrogen (secondary N) is 1. The first-order valence-corrected chi connectivity index (χ1v) is 14.9. The maximum absolute atomic E-state index is 12.7. The lowest BCUT2D eigenvalue weighted by atomic mass is 9.80. The molecule has 0 amide bonds. The van der Waals surface area contributed by atoms with Crippen molar-refractivity contribution >= 4 is 28.9 Å². The standard InChI is InChI=1S/C34H37N3O8/c1-5-35-26-17-28-24(14-19(26)3)33(25-15-20(4)27(36-6-2)18-29(25)44-28)22-10-9-21(16-23(22)34(41)42)43-13-7-8-32(40)45-37-30(38)11-12-31(37)39/h9-12,14-17,29,35,38-39H,5-8,13,18H2,1-4H3,(H,41,42). The Bertz CT molecular complexity index is 1710. The molecule has 2 heterocycles. The molecule has 4 N–H and O–H groups in total. The molecule has 236 valence electrons. The molecule has 1 aliphatic heterocycles. The molecule has 11 heteroatoms. The number of aromatic hydroxyl groups is 2. The molecule has 0 fully saturated rings. The number of carbonyl (C=O) groups is 2. The highest BCUT2D eigenvalue weighted by Gasteiger charge is 2.34. The van der Waals surface area contributed by atoms with Gasteiger partial charge in [-0.2, -0.15) is 0 Å². The van der Waals surface area contributed by atoms with Crippen molar-refractivity contribution in [2.75, 3.05) is 25.0 Å². The topological polar surface area (TPSA) is 152 Å². The van der Waals surface area contributed by atoms with Crippen LogP contribution in [-0.2, 0) is 4.79 Å². The van der Waals surface area contributed by atoms with E-state index in [0.29, 0.717) is 34.8 Å². The molecule has 1 aliphatic carbocycles. The minimum absolute atomic E-state index is 0.0570. The second-order valence-electron chi connectivity index (χ2n) is 10.9. The van der Waals surface area contributed by atoms with Crippen LogP contribution >= 0.6 is 0 Å². The number of anilines is 1. The quantitative estimate of drug-likeness (QED) is 0.204. The maximum Gasteiger partial charge on any atom is 0.336 e. The van der Waals surface area contributed by atoms with Crippen molar-refractivity contribution in [2.45, 2.75) is 53.1 Å². The lowest BCUT2D eigenvalue weighted by Crippen LogP contribution is -2.31. The van der Waals surface area contributed by atoms with Gasteiger partial charge in [0.25, 0.3) is 0 Å². The van der Waals surface area contributed by atoms with Crippen LogP contribution in [0.15, 0.2) is 64.7 Å². The molecule has 0 spiro atoms. The number of allylic oxidation sites excluding steroid dienone is 1. The monoisotopic (exact) mass is 615 g/mol. The zero-order valence-electron chi connectivity index (χ0n) is 25.7. The summed E-state index contributed by atoms with van der Waals surface area (Å²) in [5.74, 6) is -1.59. The van der Waals surface area contributed by atoms with E-state index in [9.17, 15) is 24.9 Å². The fourth-order valence-corrected chi connectivity index (χ4v) is 5.60. The van der Waals surface area contributed by atoms with E-state index in [2.05, 4.69) is 16.4 Å². The van der Waals surface area contributed by atoms with Gasteiger partial charge in [0.2, 0.25) is 11.8 Å². The van der Waals surface area contributed by atoms with E-state index in [1.807, 2.05) is 39.8 Å². The predicted octanol–water partition coefficient (Wildman–Crippen LogP) is 5.53. The van der Waals surface area contributed by atoms with Crippen molar-refractivity contribution < 1.29 is 39.2 Å². The summed E-state index contributed by atoms with van der Waals surface area (Å²) in [4.78, 5) is 34.4. The van der Waals surface area contributed by atoms with Gasteiger partial charge in [0.05, 0.1) is 18.6 Å². The van der Waals surface area contributed by atoms with E-state index in [1.54, 1.807) is 12.1 Å². The van der Waals surface area contributed by atoms with Crippen molar-refractivity contribution in [3.8, 4) is 23.3 Å². The SMILES string of the molecule is CCN=C1CC2Oc3cc(NCC)c(C)cc3C(c3ccc(OCCCC(=O)On4c(O)ccc4O)cc3C(=O)O)=C2C=C1C. The van der Waals surface area contributed by atoms with Gasteiger partial charge in [0, 0.05) is 65.8 Å². The fraction of sp³-hybridized carbons (Fsp3) is 0.324. The van der Waals surface area contributed by atoms with Gasteiger partial charge in [-0.3, -0.25) is 4.99 Å². The highest BCUT2D eigenvalue weighted by Crippen LogP contribution is 2.46. The summed E-state index contributed by atoms with van der Waals surface area (Å²) < 4.78 is 13.0. The van der Waals surface area contributed by atoms with Crippen LogP contribution in [0.2, 0.25) is 0 Å². The summed E-state index contributed by atoms with van der Waals surface area (Å²) in [5, 5.41) is 33.0. The number of aliphatic imine (C=N–C) groups is 1. The maximum atomic E-state index is 12.7. The Balaban J connectivity index is 1.45. The minimum atomic E-state index is -1.10. The van der Waals surface area contributed by atoms with Crippen LogP contribution in [0, 0.1) is 6.92 Å². The highest BCUT2D eigenvalue weighted by molar-refractivity contribution is 6.05. The zero-order valence-corrected chi connectivity index (χ0v) is 25.7. The Morgan fingerprint density at radius 2 is 1.82 bits per heavy atom. The average Bonchev–Trinajstić information content (AvgIpc) is 3.32. The number of benzene rings is 2. The van der Waals surface area contributed by atoms with Crippen molar-refractivity contribution in [3.63, 3.8) is 0 Å². The van der Waals surface area contributed by atoms with Crippen molar-refractivity contribution in [2.24, 2.45) is 4.99 Å². The van der Waals surface area contributed by atoms with E-state index < -0.39 is 23.7 Å². The summed E-state index contributed by atoms with van der Waals surface area (Å²) in [7, 11) is 0. The Hall–Kier alpha value is -5.19. The zero-order chi connectivity index (χ0) is 32.2. The van der Waals surface area contributed by atoms with Crippen molar-refractivity contribution in [1.29, 1.82) is 0 Å². The Morgan fingerprint density at radius 1 is 1.07 bits per heavy atom. The lowest BCUT2D eigenvalue weighted by molar-refractivity contribution is -0.145. The number of fused-ring (bicyclic) bond motifs is 2. The second kappa shape index (κ2) is 13.2. The average molecular weight is 616 g/mol. The Labute approximate surface area is 261 Å². The van der Waals surface area contributed by atoms with Crippen molar-refractivity contribution in [1.82, 2.24) is 4.73 Å². The molecule has 11 nitrogen and oxygen atoms in total. The second-order valence-corrected chi connectivity index (χ2v) is 10.9. The lowest BCUT2D eigenvalue weighted by Gasteiger charge is -2.35. The normalized spacial score (nSPS) is 16.4. The summed E-state index contributed by atoms with van der Waals surface area (Å²) in [6.07, 6.45) is 2.50. The van der Waals surface area contributed by atoms with Gasteiger partial charge in [0.1, 0.15) is 17.6 Å². The number of aryl methyl sites for hydroxylation is 1. The number of nitrogens with zero attached hydrogens (tertiary/aromatic N) is 2. The van der Waals surface area contributed by atoms with E-state index in [1.165, 1.54) is 18.2 Å². The molecular weight excluding hydrogens is 578 g/mol. The molecule has 0 saturated carbocycles. The number of rotatable bonds is 11. The summed E-state index contributed by atoms with van der Waals surface area (Å²) in [6.45, 7) is 9.56. The summed E-state index contributed by atoms with van der Waals surface area (Å²) >= 11 is 0. The van der Waals surface area contributed by atoms with Gasteiger partial charge in [-0.1, -0.05) is 0 Å². The predicted molar refractivity (Wildman–Crippen MR) is 170 cm³/mol. The van der Waals surface area contributed by atoms with Crippen LogP contribution in [0.5, 0.6) is 23.3 Å². The van der Waals surface area contributed by atoms with Gasteiger partial charge < -0.3 is 34.9 Å². The molecule has 1 unspecified atom stereocenters. The first kappa shape index (κ1) is 31.2. The molecule has 0 radical (unpaired) electrons. The molecule has 3 aromatic rings. The van der Waals surface area contributed by atoms with Crippen LogP contribution in [-0.4, -0.2) is 63.5 Å². The molecule has 1 aromatic heterocycles. The van der Waals surface area contributed by atoms with Crippen LogP contribution in [0.3, 0.4) is 0 Å². The molecule has 45 heavy (non-hydrogen) atoms. The first-order chi connectivity index (χ1) is 21.6. The van der Waals surface area contributed by atoms with Crippen molar-refractivity contribution in [3.05, 3.63) is 81.9 Å². The van der Waals surface area contributed by atoms with Crippen LogP contribution in [0.1, 0.15) is 67.1 Å². The van der Waals surface area contributed by atoms with Gasteiger partial charge in [-0.25, -0.2) is 9.59 Å². The molecule has 0 bridgehead atoms. The molecule has 2 aromatic carbocycles. The molecular formula is C34H37N3O8. The Morgan fingerprint density at radius 3 is 2.51 bits per heavy atom. The van der Waals surface area contributed by atoms with Gasteiger partial charge in [0.15, 0.2) is 0 Å². The van der Waals surface area contributed by atoms with Gasteiger partial charge in [-0.15, -0.1) is 4.73 Å². The Kier molecular flexibility index (Phi) is 9.17. The molecule has 2 aliphatic rings. The van der Waals surface area contributed by atoms with Crippen LogP contribution < -0.4 is 19.6 Å². The highest BCUT2D eigenvalue weighted by atomic mass is 16.7. The van der Waals surface area contributed by atoms with E-state index in [4.69, 9.17) is 14.3 Å². The summed E-state index contributed by atoms with van der Waals surface area (Å²) in [6, 6.07) is 11.4. The van der Waals surface area contributed by atoms with Gasteiger partial charge >= 0.3 is 11.9 Å². The van der Waals surface area contributed by atoms with Crippen LogP contribution in [0.4, 0.5) is 5.69 Å². The van der Waals surface area contributed by atoms with Gasteiger partial charge in [-0.05, 0) is 81.2 Å². The number of hydrogen-bond donors (Lipinski definition) is 4. The number of carbonyl (C=O) groups excluding carboxylic acids is 1. The van der Waals surface area contributed by atoms with Crippen LogP contribution in [0.25, 0.3) is 5.57 Å². The largest absolute Gasteiger partial charge is 0.494 e. The number of carboxylic acids is 1. The minimum Gasteiger partial charge on any atom is -0.494 e. The fourth-order valence-electron chi connectivity index (χ4n) is 5.60. The van der Waals surface area contributed by atoms with E-state index >= 15 is 0 Å². The van der Waals surface area contributed by atoms with E-state index in [0.717, 1.165) is 45.8 Å². The first-order valence-electron chi connectivity index (χ1n) is 14.9. The summed E-state index contributed by atoms with van der Waals surface area (Å²) in [5.41, 5.74) is 7.10. The number of aromatic carboxylic acids is 1. The number of carboxylic acid groups (broad SMARTS) is 1. The molecule has 1 atom stereocenters. The third kappa shape index (κ3) is 6.52. The number of hydrogen-bond acceptors (Lipinski definition) is 9. The smallest absolute Gasteiger partial charge is 0.336 e. The molecule has 0 saturated heterocycles. The van der Waals surface area contributed by atoms with E-state index in [-0.39, 0.29) is 31.1 Å². The third-order valence-corrected chi connectivity index (χ3v) is 7.70. The molecule has 5 rings (SSSR count). The number of ether oxygens (including phenoxy) is 2. The number of aromatic nitrogens is 1.